The quantitative estimate of drug-likeness (QED) is 0.713. The highest BCUT2D eigenvalue weighted by Gasteiger charge is 2.25. The molecule has 1 aliphatic rings. The highest BCUT2D eigenvalue weighted by Crippen LogP contribution is 2.24. The average molecular weight is 398 g/mol. The molecule has 0 aliphatic carbocycles. The summed E-state index contributed by atoms with van der Waals surface area (Å²) >= 11 is 13.2. The van der Waals surface area contributed by atoms with Crippen molar-refractivity contribution in [2.75, 3.05) is 18.5 Å². The molecule has 0 aromatic heterocycles. The molecule has 0 saturated carbocycles. The molecule has 0 N–H and O–H groups in total. The molecular weight excluding hydrogens is 381 g/mol. The van der Waals surface area contributed by atoms with Gasteiger partial charge in [-0.2, -0.15) is 0 Å². The van der Waals surface area contributed by atoms with Gasteiger partial charge in [-0.3, -0.25) is 4.90 Å². The lowest BCUT2D eigenvalue weighted by molar-refractivity contribution is -0.0499. The van der Waals surface area contributed by atoms with E-state index in [1.165, 1.54) is 5.56 Å². The van der Waals surface area contributed by atoms with Crippen molar-refractivity contribution < 1.29 is 4.74 Å². The van der Waals surface area contributed by atoms with Crippen LogP contribution >= 0.6 is 43.5 Å². The summed E-state index contributed by atoms with van der Waals surface area (Å²) in [6, 6.07) is 6.50. The maximum absolute atomic E-state index is 6.27. The summed E-state index contributed by atoms with van der Waals surface area (Å²) in [6.07, 6.45) is 0.274. The third kappa shape index (κ3) is 3.70. The second-order valence-corrected chi connectivity index (χ2v) is 6.59. The smallest absolute Gasteiger partial charge is 0.0799 e. The van der Waals surface area contributed by atoms with Crippen LogP contribution in [0.5, 0.6) is 0 Å². The minimum absolute atomic E-state index is 0.274. The first-order valence-electron chi connectivity index (χ1n) is 5.95. The van der Waals surface area contributed by atoms with E-state index >= 15 is 0 Å². The van der Waals surface area contributed by atoms with Gasteiger partial charge in [0.15, 0.2) is 0 Å². The standard InChI is InChI=1S/C13H16Br2ClNO/c1-9-8-18-12(5-14)7-17(9)6-10-2-3-11(15)4-13(10)16/h2-4,9,12H,5-8H2,1H3. The van der Waals surface area contributed by atoms with Gasteiger partial charge in [0.2, 0.25) is 0 Å². The van der Waals surface area contributed by atoms with Crippen LogP contribution in [0.1, 0.15) is 12.5 Å². The second-order valence-electron chi connectivity index (χ2n) is 4.62. The van der Waals surface area contributed by atoms with Gasteiger partial charge in [-0.15, -0.1) is 0 Å². The van der Waals surface area contributed by atoms with E-state index < -0.39 is 0 Å². The van der Waals surface area contributed by atoms with Crippen LogP contribution in [0.4, 0.5) is 0 Å². The van der Waals surface area contributed by atoms with Gasteiger partial charge >= 0.3 is 0 Å². The van der Waals surface area contributed by atoms with Crippen LogP contribution in [-0.2, 0) is 11.3 Å². The van der Waals surface area contributed by atoms with Crippen LogP contribution in [0, 0.1) is 0 Å². The molecule has 5 heteroatoms. The van der Waals surface area contributed by atoms with Crippen LogP contribution in [0.2, 0.25) is 5.02 Å². The third-order valence-corrected chi connectivity index (χ3v) is 4.76. The number of hydrogen-bond donors (Lipinski definition) is 0. The molecule has 2 atom stereocenters. The Balaban J connectivity index is 2.07. The van der Waals surface area contributed by atoms with E-state index in [4.69, 9.17) is 16.3 Å². The predicted molar refractivity (Wildman–Crippen MR) is 82.6 cm³/mol. The highest BCUT2D eigenvalue weighted by molar-refractivity contribution is 9.10. The van der Waals surface area contributed by atoms with Gasteiger partial charge in [0.25, 0.3) is 0 Å². The Labute approximate surface area is 130 Å². The largest absolute Gasteiger partial charge is 0.374 e. The highest BCUT2D eigenvalue weighted by atomic mass is 79.9. The summed E-state index contributed by atoms with van der Waals surface area (Å²) in [6.45, 7) is 4.79. The van der Waals surface area contributed by atoms with Gasteiger partial charge in [-0.25, -0.2) is 0 Å². The Morgan fingerprint density at radius 1 is 1.50 bits per heavy atom. The Morgan fingerprint density at radius 3 is 2.94 bits per heavy atom. The summed E-state index contributed by atoms with van der Waals surface area (Å²) in [5.41, 5.74) is 1.17. The van der Waals surface area contributed by atoms with Crippen LogP contribution in [0.15, 0.2) is 22.7 Å². The van der Waals surface area contributed by atoms with Gasteiger partial charge in [0, 0.05) is 34.0 Å². The number of morpholine rings is 1. The fourth-order valence-electron chi connectivity index (χ4n) is 2.06. The van der Waals surface area contributed by atoms with Gasteiger partial charge in [-0.05, 0) is 24.6 Å². The van der Waals surface area contributed by atoms with Gasteiger partial charge in [-0.1, -0.05) is 49.5 Å². The molecule has 18 heavy (non-hydrogen) atoms. The van der Waals surface area contributed by atoms with E-state index in [9.17, 15) is 0 Å². The summed E-state index contributed by atoms with van der Waals surface area (Å²) in [5, 5.41) is 1.70. The zero-order valence-electron chi connectivity index (χ0n) is 10.2. The number of nitrogens with zero attached hydrogens (tertiary/aromatic N) is 1. The van der Waals surface area contributed by atoms with Crippen LogP contribution in [-0.4, -0.2) is 35.5 Å². The van der Waals surface area contributed by atoms with Gasteiger partial charge < -0.3 is 4.74 Å². The topological polar surface area (TPSA) is 12.5 Å². The summed E-state index contributed by atoms with van der Waals surface area (Å²) in [5.74, 6) is 0. The molecule has 2 rings (SSSR count). The Kier molecular flexibility index (Phi) is 5.51. The lowest BCUT2D eigenvalue weighted by Gasteiger charge is -2.37. The third-order valence-electron chi connectivity index (χ3n) is 3.20. The average Bonchev–Trinajstić information content (AvgIpc) is 2.35. The SMILES string of the molecule is CC1COC(CBr)CN1Cc1ccc(Br)cc1Cl. The summed E-state index contributed by atoms with van der Waals surface area (Å²) < 4.78 is 6.75. The van der Waals surface area contributed by atoms with Gasteiger partial charge in [0.05, 0.1) is 12.7 Å². The van der Waals surface area contributed by atoms with Crippen LogP contribution in [0.25, 0.3) is 0 Å². The van der Waals surface area contributed by atoms with Crippen molar-refractivity contribution in [1.29, 1.82) is 0 Å². The van der Waals surface area contributed by atoms with Crippen molar-refractivity contribution in [1.82, 2.24) is 4.90 Å². The lowest BCUT2D eigenvalue weighted by atomic mass is 10.1. The molecular formula is C13H16Br2ClNO. The van der Waals surface area contributed by atoms with Crippen LogP contribution in [0.3, 0.4) is 0 Å². The molecule has 1 fully saturated rings. The van der Waals surface area contributed by atoms with Crippen molar-refractivity contribution >= 4 is 43.5 Å². The fraction of sp³-hybridized carbons (Fsp3) is 0.538. The molecule has 2 nitrogen and oxygen atoms in total. The Bertz CT molecular complexity index is 416. The van der Waals surface area contributed by atoms with E-state index in [2.05, 4.69) is 49.7 Å². The first-order chi connectivity index (χ1) is 8.60. The van der Waals surface area contributed by atoms with E-state index in [0.29, 0.717) is 6.04 Å². The van der Waals surface area contributed by atoms with E-state index in [1.54, 1.807) is 0 Å². The number of hydrogen-bond acceptors (Lipinski definition) is 2. The normalized spacial score (nSPS) is 25.3. The fourth-order valence-corrected chi connectivity index (χ4v) is 3.18. The minimum atomic E-state index is 0.274. The number of halogens is 3. The molecule has 100 valence electrons. The molecule has 1 heterocycles. The molecule has 0 bridgehead atoms. The number of ether oxygens (including phenoxy) is 1. The summed E-state index contributed by atoms with van der Waals surface area (Å²) in [7, 11) is 0. The molecule has 1 aromatic rings. The number of benzene rings is 1. The molecule has 1 saturated heterocycles. The second kappa shape index (κ2) is 6.71. The lowest BCUT2D eigenvalue weighted by Crippen LogP contribution is -2.48. The predicted octanol–water partition coefficient (Wildman–Crippen LogP) is 4.09. The monoisotopic (exact) mass is 395 g/mol. The first-order valence-corrected chi connectivity index (χ1v) is 8.25. The van der Waals surface area contributed by atoms with Crippen LogP contribution < -0.4 is 0 Å². The van der Waals surface area contributed by atoms with Crippen molar-refractivity contribution in [3.8, 4) is 0 Å². The molecule has 2 unspecified atom stereocenters. The van der Waals surface area contributed by atoms with E-state index in [0.717, 1.165) is 34.5 Å². The van der Waals surface area contributed by atoms with E-state index in [1.807, 2.05) is 12.1 Å². The maximum atomic E-state index is 6.27. The van der Waals surface area contributed by atoms with Crippen molar-refractivity contribution in [2.45, 2.75) is 25.6 Å². The number of rotatable bonds is 3. The molecule has 0 spiro atoms. The zero-order valence-corrected chi connectivity index (χ0v) is 14.1. The Morgan fingerprint density at radius 2 is 2.28 bits per heavy atom. The van der Waals surface area contributed by atoms with Gasteiger partial charge in [0.1, 0.15) is 0 Å². The molecule has 1 aliphatic heterocycles. The van der Waals surface area contributed by atoms with Crippen molar-refractivity contribution in [2.24, 2.45) is 0 Å². The number of alkyl halides is 1. The minimum Gasteiger partial charge on any atom is -0.374 e. The zero-order chi connectivity index (χ0) is 13.1. The van der Waals surface area contributed by atoms with E-state index in [-0.39, 0.29) is 6.10 Å². The first kappa shape index (κ1) is 14.8. The molecule has 0 radical (unpaired) electrons. The van der Waals surface area contributed by atoms with Crippen molar-refractivity contribution in [3.05, 3.63) is 33.3 Å². The Hall–Kier alpha value is 0.390. The molecule has 0 amide bonds. The summed E-state index contributed by atoms with van der Waals surface area (Å²) in [4.78, 5) is 2.42. The maximum Gasteiger partial charge on any atom is 0.0799 e. The van der Waals surface area contributed by atoms with Crippen molar-refractivity contribution in [3.63, 3.8) is 0 Å². The molecule has 1 aromatic carbocycles.